The van der Waals surface area contributed by atoms with E-state index < -0.39 is 5.66 Å². The second-order valence-corrected chi connectivity index (χ2v) is 4.47. The first-order chi connectivity index (χ1) is 6.93. The van der Waals surface area contributed by atoms with Crippen LogP contribution in [0.25, 0.3) is 0 Å². The quantitative estimate of drug-likeness (QED) is 0.377. The molecule has 0 fully saturated rings. The predicted octanol–water partition coefficient (Wildman–Crippen LogP) is 3.34. The Bertz CT molecular complexity index is 257. The van der Waals surface area contributed by atoms with Crippen molar-refractivity contribution < 1.29 is 4.79 Å². The second kappa shape index (κ2) is 6.46. The van der Waals surface area contributed by atoms with Crippen molar-refractivity contribution in [3.05, 3.63) is 0 Å². The van der Waals surface area contributed by atoms with Crippen LogP contribution in [-0.2, 0) is 4.79 Å². The zero-order valence-corrected chi connectivity index (χ0v) is 10.3. The van der Waals surface area contributed by atoms with Gasteiger partial charge in [0, 0.05) is 0 Å². The lowest BCUT2D eigenvalue weighted by Gasteiger charge is -2.15. The smallest absolute Gasteiger partial charge is 0.211 e. The molecule has 0 radical (unpaired) electrons. The molecule has 0 saturated carbocycles. The van der Waals surface area contributed by atoms with Crippen LogP contribution in [0.2, 0.25) is 0 Å². The summed E-state index contributed by atoms with van der Waals surface area (Å²) in [6.07, 6.45) is 3.19. The minimum Gasteiger partial charge on any atom is -0.211 e. The first kappa shape index (κ1) is 14.0. The molecule has 0 aromatic heterocycles. The fourth-order valence-corrected chi connectivity index (χ4v) is 1.22. The van der Waals surface area contributed by atoms with E-state index in [0.717, 1.165) is 6.42 Å². The molecule has 0 heterocycles. The number of azo groups is 1. The average molecular weight is 211 g/mol. The van der Waals surface area contributed by atoms with Crippen molar-refractivity contribution in [1.82, 2.24) is 0 Å². The summed E-state index contributed by atoms with van der Waals surface area (Å²) in [5.74, 6) is 0.599. The Morgan fingerprint density at radius 2 is 1.93 bits per heavy atom. The molecule has 86 valence electrons. The molecule has 0 bridgehead atoms. The van der Waals surface area contributed by atoms with Crippen LogP contribution < -0.4 is 0 Å². The maximum absolute atomic E-state index is 10.2. The summed E-state index contributed by atoms with van der Waals surface area (Å²) >= 11 is 0. The van der Waals surface area contributed by atoms with Gasteiger partial charge in [0.2, 0.25) is 6.08 Å². The van der Waals surface area contributed by atoms with Gasteiger partial charge in [0.05, 0.1) is 6.04 Å². The third kappa shape index (κ3) is 6.13. The maximum Gasteiger partial charge on any atom is 0.237 e. The summed E-state index contributed by atoms with van der Waals surface area (Å²) in [5.41, 5.74) is -0.729. The molecular weight excluding hydrogens is 190 g/mol. The minimum atomic E-state index is -0.729. The molecule has 0 rings (SSSR count). The number of carbonyl (C=O) groups excluding carboxylic acids is 1. The van der Waals surface area contributed by atoms with Crippen molar-refractivity contribution in [2.45, 2.75) is 59.2 Å². The van der Waals surface area contributed by atoms with Gasteiger partial charge in [-0.2, -0.15) is 15.2 Å². The zero-order chi connectivity index (χ0) is 11.9. The van der Waals surface area contributed by atoms with Crippen molar-refractivity contribution in [3.8, 4) is 0 Å². The predicted molar refractivity (Wildman–Crippen MR) is 60.6 cm³/mol. The number of rotatable bonds is 6. The SMILES string of the molecule is CCC(C)(N=C=O)N=NC(C)CC(C)C. The summed E-state index contributed by atoms with van der Waals surface area (Å²) in [5, 5.41) is 8.29. The highest BCUT2D eigenvalue weighted by Crippen LogP contribution is 2.18. The van der Waals surface area contributed by atoms with Gasteiger partial charge in [0.15, 0.2) is 5.66 Å². The van der Waals surface area contributed by atoms with E-state index in [2.05, 4.69) is 29.1 Å². The van der Waals surface area contributed by atoms with Crippen LogP contribution in [0.3, 0.4) is 0 Å². The van der Waals surface area contributed by atoms with Gasteiger partial charge in [-0.3, -0.25) is 0 Å². The molecule has 0 spiro atoms. The Morgan fingerprint density at radius 3 is 2.33 bits per heavy atom. The van der Waals surface area contributed by atoms with E-state index in [-0.39, 0.29) is 6.04 Å². The fraction of sp³-hybridized carbons (Fsp3) is 0.909. The molecule has 2 atom stereocenters. The fourth-order valence-electron chi connectivity index (χ4n) is 1.22. The molecule has 15 heavy (non-hydrogen) atoms. The summed E-state index contributed by atoms with van der Waals surface area (Å²) < 4.78 is 0. The van der Waals surface area contributed by atoms with E-state index in [4.69, 9.17) is 0 Å². The Hall–Kier alpha value is -1.02. The van der Waals surface area contributed by atoms with Crippen LogP contribution >= 0.6 is 0 Å². The molecule has 0 N–H and O–H groups in total. The number of isocyanates is 1. The molecule has 4 heteroatoms. The molecule has 2 unspecified atom stereocenters. The highest BCUT2D eigenvalue weighted by molar-refractivity contribution is 5.34. The Kier molecular flexibility index (Phi) is 6.02. The number of aliphatic imine (C=N–C) groups is 1. The molecule has 4 nitrogen and oxygen atoms in total. The van der Waals surface area contributed by atoms with Gasteiger partial charge >= 0.3 is 0 Å². The minimum absolute atomic E-state index is 0.178. The first-order valence-corrected chi connectivity index (χ1v) is 5.44. The number of nitrogens with zero attached hydrogens (tertiary/aromatic N) is 3. The van der Waals surface area contributed by atoms with E-state index in [0.29, 0.717) is 12.3 Å². The Morgan fingerprint density at radius 1 is 1.33 bits per heavy atom. The molecule has 0 saturated heterocycles. The van der Waals surface area contributed by atoms with E-state index in [1.807, 2.05) is 13.8 Å². The Labute approximate surface area is 91.9 Å². The average Bonchev–Trinajstić information content (AvgIpc) is 2.14. The maximum atomic E-state index is 10.2. The van der Waals surface area contributed by atoms with Crippen LogP contribution in [-0.4, -0.2) is 17.8 Å². The van der Waals surface area contributed by atoms with Gasteiger partial charge in [-0.25, -0.2) is 4.79 Å². The molecule has 0 aliphatic rings. The largest absolute Gasteiger partial charge is 0.237 e. The second-order valence-electron chi connectivity index (χ2n) is 4.47. The highest BCUT2D eigenvalue weighted by Gasteiger charge is 2.19. The third-order valence-corrected chi connectivity index (χ3v) is 2.24. The van der Waals surface area contributed by atoms with Crippen molar-refractivity contribution in [2.24, 2.45) is 21.1 Å². The lowest BCUT2D eigenvalue weighted by Crippen LogP contribution is -2.17. The lowest BCUT2D eigenvalue weighted by molar-refractivity contribution is 0.417. The van der Waals surface area contributed by atoms with Gasteiger partial charge in [-0.1, -0.05) is 20.8 Å². The molecule has 0 aromatic rings. The van der Waals surface area contributed by atoms with Crippen molar-refractivity contribution in [2.75, 3.05) is 0 Å². The number of hydrogen-bond donors (Lipinski definition) is 0. The van der Waals surface area contributed by atoms with Gasteiger partial charge < -0.3 is 0 Å². The molecular formula is C11H21N3O. The molecule has 0 aliphatic carbocycles. The third-order valence-electron chi connectivity index (χ3n) is 2.24. The van der Waals surface area contributed by atoms with E-state index in [1.54, 1.807) is 13.0 Å². The van der Waals surface area contributed by atoms with Crippen LogP contribution in [0.1, 0.15) is 47.5 Å². The summed E-state index contributed by atoms with van der Waals surface area (Å²) in [4.78, 5) is 13.9. The Balaban J connectivity index is 4.40. The normalized spacial score (nSPS) is 17.5. The van der Waals surface area contributed by atoms with Crippen molar-refractivity contribution in [3.63, 3.8) is 0 Å². The first-order valence-electron chi connectivity index (χ1n) is 5.44. The molecule has 0 amide bonds. The summed E-state index contributed by atoms with van der Waals surface area (Å²) in [7, 11) is 0. The molecule has 0 aliphatic heterocycles. The van der Waals surface area contributed by atoms with Gasteiger partial charge in [0.25, 0.3) is 0 Å². The van der Waals surface area contributed by atoms with Crippen LogP contribution in [0.4, 0.5) is 0 Å². The summed E-state index contributed by atoms with van der Waals surface area (Å²) in [6, 6.07) is 0.178. The van der Waals surface area contributed by atoms with E-state index in [1.165, 1.54) is 0 Å². The monoisotopic (exact) mass is 211 g/mol. The van der Waals surface area contributed by atoms with E-state index in [9.17, 15) is 4.79 Å². The van der Waals surface area contributed by atoms with E-state index >= 15 is 0 Å². The van der Waals surface area contributed by atoms with Crippen molar-refractivity contribution in [1.29, 1.82) is 0 Å². The topological polar surface area (TPSA) is 54.1 Å². The molecule has 0 aromatic carbocycles. The van der Waals surface area contributed by atoms with Crippen LogP contribution in [0.5, 0.6) is 0 Å². The zero-order valence-electron chi connectivity index (χ0n) is 10.3. The lowest BCUT2D eigenvalue weighted by atomic mass is 10.1. The standard InChI is InChI=1S/C11H21N3O/c1-6-11(5,12-8-15)14-13-10(4)7-9(2)3/h9-10H,6-7H2,1-5H3. The van der Waals surface area contributed by atoms with Gasteiger partial charge in [-0.15, -0.1) is 0 Å². The van der Waals surface area contributed by atoms with Crippen LogP contribution in [0, 0.1) is 5.92 Å². The summed E-state index contributed by atoms with van der Waals surface area (Å²) in [6.45, 7) is 10.0. The number of hydrogen-bond acceptors (Lipinski definition) is 4. The van der Waals surface area contributed by atoms with Crippen molar-refractivity contribution >= 4 is 6.08 Å². The van der Waals surface area contributed by atoms with Gasteiger partial charge in [-0.05, 0) is 32.6 Å². The van der Waals surface area contributed by atoms with Crippen LogP contribution in [0.15, 0.2) is 15.2 Å². The van der Waals surface area contributed by atoms with Gasteiger partial charge in [0.1, 0.15) is 0 Å². The highest BCUT2D eigenvalue weighted by atomic mass is 16.1.